The highest BCUT2D eigenvalue weighted by Gasteiger charge is 2.37. The lowest BCUT2D eigenvalue weighted by Gasteiger charge is -2.44. The minimum Gasteiger partial charge on any atom is -0.337 e. The summed E-state index contributed by atoms with van der Waals surface area (Å²) in [5.41, 5.74) is 2.02. The first kappa shape index (κ1) is 24.0. The van der Waals surface area contributed by atoms with Gasteiger partial charge in [0.2, 0.25) is 11.8 Å². The number of hydrogen-bond donors (Lipinski definition) is 0. The molecule has 3 heterocycles. The van der Waals surface area contributed by atoms with Gasteiger partial charge >= 0.3 is 0 Å². The summed E-state index contributed by atoms with van der Waals surface area (Å²) in [6.45, 7) is 5.63. The first-order valence-electron chi connectivity index (χ1n) is 13.5. The molecule has 7 nitrogen and oxygen atoms in total. The molecule has 2 aromatic rings. The van der Waals surface area contributed by atoms with Gasteiger partial charge in [0.05, 0.1) is 0 Å². The second-order valence-electron chi connectivity index (χ2n) is 10.6. The maximum absolute atomic E-state index is 13.6. The number of carbonyl (C=O) groups is 2. The number of rotatable bonds is 6. The van der Waals surface area contributed by atoms with E-state index in [1.54, 1.807) is 13.1 Å². The average Bonchev–Trinajstić information content (AvgIpc) is 3.52. The number of benzene rings is 1. The van der Waals surface area contributed by atoms with Crippen LogP contribution in [0.5, 0.6) is 0 Å². The highest BCUT2D eigenvalue weighted by atomic mass is 16.2. The molecule has 0 N–H and O–H groups in total. The van der Waals surface area contributed by atoms with Crippen LogP contribution in [0.4, 0.5) is 5.69 Å². The van der Waals surface area contributed by atoms with Crippen molar-refractivity contribution in [1.82, 2.24) is 19.6 Å². The zero-order chi connectivity index (χ0) is 24.2. The van der Waals surface area contributed by atoms with Gasteiger partial charge in [-0.15, -0.1) is 0 Å². The third-order valence-electron chi connectivity index (χ3n) is 8.01. The largest absolute Gasteiger partial charge is 0.337 e. The Morgan fingerprint density at radius 2 is 1.86 bits per heavy atom. The van der Waals surface area contributed by atoms with Crippen LogP contribution in [-0.2, 0) is 22.7 Å². The quantitative estimate of drug-likeness (QED) is 0.629. The van der Waals surface area contributed by atoms with Crippen LogP contribution in [0.15, 0.2) is 42.7 Å². The van der Waals surface area contributed by atoms with Crippen LogP contribution in [0.1, 0.15) is 63.9 Å². The Morgan fingerprint density at radius 3 is 2.63 bits per heavy atom. The predicted octanol–water partition coefficient (Wildman–Crippen LogP) is 4.08. The van der Waals surface area contributed by atoms with E-state index in [2.05, 4.69) is 21.0 Å². The van der Waals surface area contributed by atoms with Crippen molar-refractivity contribution in [2.45, 2.75) is 83.5 Å². The van der Waals surface area contributed by atoms with Gasteiger partial charge in [0.25, 0.3) is 0 Å². The maximum atomic E-state index is 13.6. The van der Waals surface area contributed by atoms with Crippen molar-refractivity contribution in [2.24, 2.45) is 5.92 Å². The van der Waals surface area contributed by atoms with Gasteiger partial charge in [0.15, 0.2) is 0 Å². The number of anilines is 1. The molecule has 2 unspecified atom stereocenters. The van der Waals surface area contributed by atoms with Gasteiger partial charge in [-0.2, -0.15) is 5.10 Å². The van der Waals surface area contributed by atoms with Crippen molar-refractivity contribution in [2.75, 3.05) is 24.5 Å². The molecule has 1 saturated carbocycles. The van der Waals surface area contributed by atoms with Crippen molar-refractivity contribution in [3.05, 3.63) is 48.3 Å². The molecule has 7 heteroatoms. The number of amides is 2. The predicted molar refractivity (Wildman–Crippen MR) is 137 cm³/mol. The Morgan fingerprint density at radius 1 is 1.03 bits per heavy atom. The molecule has 188 valence electrons. The van der Waals surface area contributed by atoms with Crippen molar-refractivity contribution < 1.29 is 9.59 Å². The summed E-state index contributed by atoms with van der Waals surface area (Å²) in [5, 5.41) is 4.27. The van der Waals surface area contributed by atoms with Crippen LogP contribution >= 0.6 is 0 Å². The lowest BCUT2D eigenvalue weighted by molar-refractivity contribution is -0.133. The Labute approximate surface area is 209 Å². The summed E-state index contributed by atoms with van der Waals surface area (Å²) >= 11 is 0. The Balaban J connectivity index is 1.41. The van der Waals surface area contributed by atoms with Crippen molar-refractivity contribution in [1.29, 1.82) is 0 Å². The molecule has 1 saturated heterocycles. The molecular weight excluding hydrogens is 438 g/mol. The van der Waals surface area contributed by atoms with E-state index < -0.39 is 0 Å². The summed E-state index contributed by atoms with van der Waals surface area (Å²) in [4.78, 5) is 33.1. The van der Waals surface area contributed by atoms with Crippen molar-refractivity contribution >= 4 is 17.5 Å². The zero-order valence-electron chi connectivity index (χ0n) is 21.0. The molecular formula is C28H39N5O2. The smallest absolute Gasteiger partial charge is 0.223 e. The third kappa shape index (κ3) is 5.95. The number of fused-ring (bicyclic) bond motifs is 3. The van der Waals surface area contributed by atoms with Crippen LogP contribution < -0.4 is 4.90 Å². The normalized spacial score (nSPS) is 23.5. The molecule has 0 spiro atoms. The van der Waals surface area contributed by atoms with E-state index in [0.29, 0.717) is 25.0 Å². The lowest BCUT2D eigenvalue weighted by atomic mass is 9.92. The van der Waals surface area contributed by atoms with Gasteiger partial charge in [0.1, 0.15) is 0 Å². The van der Waals surface area contributed by atoms with E-state index in [1.165, 1.54) is 25.7 Å². The van der Waals surface area contributed by atoms with Gasteiger partial charge in [-0.1, -0.05) is 24.6 Å². The second-order valence-corrected chi connectivity index (χ2v) is 10.6. The fourth-order valence-corrected chi connectivity index (χ4v) is 5.95. The first-order chi connectivity index (χ1) is 17.1. The van der Waals surface area contributed by atoms with E-state index in [1.807, 2.05) is 40.0 Å². The van der Waals surface area contributed by atoms with E-state index >= 15 is 0 Å². The molecule has 2 aliphatic heterocycles. The van der Waals surface area contributed by atoms with Gasteiger partial charge in [-0.25, -0.2) is 0 Å². The lowest BCUT2D eigenvalue weighted by Crippen LogP contribution is -2.53. The molecule has 2 atom stereocenters. The van der Waals surface area contributed by atoms with E-state index in [4.69, 9.17) is 0 Å². The number of hydrogen-bond acceptors (Lipinski definition) is 4. The van der Waals surface area contributed by atoms with Crippen LogP contribution in [-0.4, -0.2) is 63.1 Å². The van der Waals surface area contributed by atoms with Crippen LogP contribution in [0.3, 0.4) is 0 Å². The molecule has 5 rings (SSSR count). The van der Waals surface area contributed by atoms with Crippen LogP contribution in [0.2, 0.25) is 0 Å². The molecule has 2 fully saturated rings. The molecule has 2 amide bonds. The zero-order valence-corrected chi connectivity index (χ0v) is 21.0. The average molecular weight is 478 g/mol. The number of aromatic nitrogens is 2. The first-order valence-corrected chi connectivity index (χ1v) is 13.5. The van der Waals surface area contributed by atoms with Gasteiger partial charge in [-0.3, -0.25) is 19.2 Å². The molecule has 1 aromatic carbocycles. The SMILES string of the molecule is CC(=O)N1CCC2CCCC(CN(C(=O)CCCn3cccn3)Cc3ccccc31)N2CC1CC1. The van der Waals surface area contributed by atoms with E-state index in [0.717, 1.165) is 62.6 Å². The Bertz CT molecular complexity index is 1000. The Kier molecular flexibility index (Phi) is 7.51. The number of nitrogens with zero attached hydrogens (tertiary/aromatic N) is 5. The second kappa shape index (κ2) is 10.9. The summed E-state index contributed by atoms with van der Waals surface area (Å²) in [6, 6.07) is 11.0. The summed E-state index contributed by atoms with van der Waals surface area (Å²) in [7, 11) is 0. The molecule has 2 bridgehead atoms. The highest BCUT2D eigenvalue weighted by Crippen LogP contribution is 2.36. The molecule has 0 radical (unpaired) electrons. The van der Waals surface area contributed by atoms with Gasteiger partial charge in [0, 0.05) is 76.2 Å². The van der Waals surface area contributed by atoms with Gasteiger partial charge in [-0.05, 0) is 62.1 Å². The minimum atomic E-state index is 0.0786. The number of para-hydroxylation sites is 1. The third-order valence-corrected chi connectivity index (χ3v) is 8.01. The number of carbonyl (C=O) groups excluding carboxylic acids is 2. The fraction of sp³-hybridized carbons (Fsp3) is 0.607. The molecule has 35 heavy (non-hydrogen) atoms. The summed E-state index contributed by atoms with van der Waals surface area (Å²) in [5.74, 6) is 1.09. The van der Waals surface area contributed by atoms with Crippen LogP contribution in [0.25, 0.3) is 0 Å². The summed E-state index contributed by atoms with van der Waals surface area (Å²) in [6.07, 6.45) is 12.2. The molecule has 3 aliphatic rings. The fourth-order valence-electron chi connectivity index (χ4n) is 5.95. The van der Waals surface area contributed by atoms with Crippen LogP contribution in [0, 0.1) is 5.92 Å². The Hall–Kier alpha value is -2.67. The highest BCUT2D eigenvalue weighted by molar-refractivity contribution is 5.92. The van der Waals surface area contributed by atoms with E-state index in [-0.39, 0.29) is 11.8 Å². The molecule has 1 aliphatic carbocycles. The van der Waals surface area contributed by atoms with Crippen molar-refractivity contribution in [3.8, 4) is 0 Å². The number of aryl methyl sites for hydroxylation is 1. The van der Waals surface area contributed by atoms with Gasteiger partial charge < -0.3 is 9.80 Å². The number of piperidine rings is 1. The summed E-state index contributed by atoms with van der Waals surface area (Å²) < 4.78 is 1.89. The minimum absolute atomic E-state index is 0.0786. The monoisotopic (exact) mass is 477 g/mol. The standard InChI is InChI=1S/C28H39N5O2/c1-22(34)32-18-14-25-8-4-9-26(33(25)19-23-12-13-23)21-30(20-24-7-2-3-10-27(24)32)28(35)11-5-16-31-17-6-15-29-31/h2-3,6-7,10,15,17,23,25-26H,4-5,8-9,11-14,16,18-21H2,1H3. The molecule has 1 aromatic heterocycles. The topological polar surface area (TPSA) is 61.7 Å². The maximum Gasteiger partial charge on any atom is 0.223 e. The van der Waals surface area contributed by atoms with Crippen molar-refractivity contribution in [3.63, 3.8) is 0 Å². The van der Waals surface area contributed by atoms with E-state index in [9.17, 15) is 9.59 Å².